The lowest BCUT2D eigenvalue weighted by Crippen LogP contribution is -2.53. The fourth-order valence-corrected chi connectivity index (χ4v) is 3.25. The van der Waals surface area contributed by atoms with Gasteiger partial charge in [0, 0.05) is 30.7 Å². The van der Waals surface area contributed by atoms with Gasteiger partial charge in [0.2, 0.25) is 0 Å². The highest BCUT2D eigenvalue weighted by atomic mass is 32.1. The molecular formula is C13H16N4O3S. The van der Waals surface area contributed by atoms with E-state index in [-0.39, 0.29) is 11.5 Å². The number of aromatic nitrogens is 2. The van der Waals surface area contributed by atoms with Gasteiger partial charge in [-0.15, -0.1) is 11.3 Å². The zero-order valence-corrected chi connectivity index (χ0v) is 12.2. The highest BCUT2D eigenvalue weighted by molar-refractivity contribution is 7.17. The van der Waals surface area contributed by atoms with Crippen LogP contribution in [-0.2, 0) is 4.74 Å². The minimum atomic E-state index is -0.440. The smallest absolute Gasteiger partial charge is 0.260 e. The number of hydrogen-bond donors (Lipinski definition) is 3. The maximum atomic E-state index is 12.3. The highest BCUT2D eigenvalue weighted by Gasteiger charge is 2.29. The third kappa shape index (κ3) is 2.82. The standard InChI is InChI=1S/C13H16N4O3S/c14-13(1-3-20-4-2-13)6-15-10(18)8-5-21-12-9(8)11(19)16-7-17-12/h5,7H,1-4,6,14H2,(H,15,18)(H,16,17,19). The minimum Gasteiger partial charge on any atom is -0.381 e. The molecule has 4 N–H and O–H groups in total. The van der Waals surface area contributed by atoms with Crippen LogP contribution in [0.3, 0.4) is 0 Å². The summed E-state index contributed by atoms with van der Waals surface area (Å²) in [4.78, 5) is 31.2. The Morgan fingerprint density at radius 1 is 1.52 bits per heavy atom. The summed E-state index contributed by atoms with van der Waals surface area (Å²) in [5, 5.41) is 4.80. The molecule has 3 heterocycles. The van der Waals surface area contributed by atoms with Crippen molar-refractivity contribution in [1.82, 2.24) is 15.3 Å². The molecule has 2 aromatic heterocycles. The second-order valence-electron chi connectivity index (χ2n) is 5.22. The van der Waals surface area contributed by atoms with Crippen LogP contribution in [0.15, 0.2) is 16.5 Å². The first-order valence-electron chi connectivity index (χ1n) is 6.69. The summed E-state index contributed by atoms with van der Waals surface area (Å²) >= 11 is 1.27. The Bertz CT molecular complexity index is 718. The van der Waals surface area contributed by atoms with Crippen molar-refractivity contribution in [2.45, 2.75) is 18.4 Å². The zero-order valence-electron chi connectivity index (χ0n) is 11.3. The molecule has 0 aliphatic carbocycles. The number of hydrogen-bond acceptors (Lipinski definition) is 6. The largest absolute Gasteiger partial charge is 0.381 e. The molecule has 0 bridgehead atoms. The molecule has 7 nitrogen and oxygen atoms in total. The summed E-state index contributed by atoms with van der Waals surface area (Å²) in [6.07, 6.45) is 2.75. The van der Waals surface area contributed by atoms with Crippen molar-refractivity contribution in [1.29, 1.82) is 0 Å². The maximum Gasteiger partial charge on any atom is 0.260 e. The number of carbonyl (C=O) groups excluding carboxylic acids is 1. The third-order valence-corrected chi connectivity index (χ3v) is 4.60. The van der Waals surface area contributed by atoms with Gasteiger partial charge < -0.3 is 20.8 Å². The van der Waals surface area contributed by atoms with Gasteiger partial charge in [-0.1, -0.05) is 0 Å². The first kappa shape index (κ1) is 14.2. The number of nitrogens with zero attached hydrogens (tertiary/aromatic N) is 1. The first-order chi connectivity index (χ1) is 10.1. The summed E-state index contributed by atoms with van der Waals surface area (Å²) in [5.41, 5.74) is 5.83. The van der Waals surface area contributed by atoms with Crippen molar-refractivity contribution in [2.24, 2.45) is 5.73 Å². The molecule has 0 spiro atoms. The van der Waals surface area contributed by atoms with E-state index in [0.29, 0.717) is 48.4 Å². The van der Waals surface area contributed by atoms with Crippen molar-refractivity contribution >= 4 is 27.5 Å². The second-order valence-corrected chi connectivity index (χ2v) is 6.08. The minimum absolute atomic E-state index is 0.295. The predicted octanol–water partition coefficient (Wildman–Crippen LogP) is 0.222. The first-order valence-corrected chi connectivity index (χ1v) is 7.57. The summed E-state index contributed by atoms with van der Waals surface area (Å²) in [6.45, 7) is 1.58. The quantitative estimate of drug-likeness (QED) is 0.751. The van der Waals surface area contributed by atoms with Crippen LogP contribution in [0, 0.1) is 0 Å². The predicted molar refractivity (Wildman–Crippen MR) is 79.5 cm³/mol. The monoisotopic (exact) mass is 308 g/mol. The molecule has 1 saturated heterocycles. The molecule has 2 aromatic rings. The van der Waals surface area contributed by atoms with Crippen LogP contribution in [0.4, 0.5) is 0 Å². The average molecular weight is 308 g/mol. The normalized spacial score (nSPS) is 17.8. The van der Waals surface area contributed by atoms with E-state index in [1.807, 2.05) is 0 Å². The van der Waals surface area contributed by atoms with Crippen LogP contribution in [0.1, 0.15) is 23.2 Å². The average Bonchev–Trinajstić information content (AvgIpc) is 2.91. The van der Waals surface area contributed by atoms with Gasteiger partial charge in [-0.25, -0.2) is 4.98 Å². The number of rotatable bonds is 3. The summed E-state index contributed by atoms with van der Waals surface area (Å²) < 4.78 is 5.27. The van der Waals surface area contributed by atoms with Crippen molar-refractivity contribution < 1.29 is 9.53 Å². The number of nitrogens with one attached hydrogen (secondary N) is 2. The Morgan fingerprint density at radius 2 is 2.29 bits per heavy atom. The van der Waals surface area contributed by atoms with E-state index in [2.05, 4.69) is 15.3 Å². The lowest BCUT2D eigenvalue weighted by Gasteiger charge is -2.33. The van der Waals surface area contributed by atoms with Crippen LogP contribution in [-0.4, -0.2) is 41.2 Å². The van der Waals surface area contributed by atoms with Gasteiger partial charge in [-0.3, -0.25) is 9.59 Å². The molecule has 3 rings (SSSR count). The number of H-pyrrole nitrogens is 1. The van der Waals surface area contributed by atoms with Crippen LogP contribution in [0.25, 0.3) is 10.2 Å². The van der Waals surface area contributed by atoms with Gasteiger partial charge in [-0.05, 0) is 12.8 Å². The van der Waals surface area contributed by atoms with E-state index < -0.39 is 5.54 Å². The van der Waals surface area contributed by atoms with Crippen molar-refractivity contribution in [2.75, 3.05) is 19.8 Å². The number of fused-ring (bicyclic) bond motifs is 1. The molecule has 112 valence electrons. The molecule has 8 heteroatoms. The molecule has 0 unspecified atom stereocenters. The Balaban J connectivity index is 1.77. The topological polar surface area (TPSA) is 110 Å². The van der Waals surface area contributed by atoms with Crippen molar-refractivity contribution in [3.63, 3.8) is 0 Å². The summed E-state index contributed by atoms with van der Waals surface area (Å²) in [7, 11) is 0. The molecule has 1 aliphatic heterocycles. The van der Waals surface area contributed by atoms with Crippen LogP contribution >= 0.6 is 11.3 Å². The van der Waals surface area contributed by atoms with Gasteiger partial charge in [0.25, 0.3) is 11.5 Å². The van der Waals surface area contributed by atoms with E-state index in [4.69, 9.17) is 10.5 Å². The molecule has 0 aromatic carbocycles. The van der Waals surface area contributed by atoms with Gasteiger partial charge in [0.15, 0.2) is 0 Å². The third-order valence-electron chi connectivity index (χ3n) is 3.71. The fraction of sp³-hybridized carbons (Fsp3) is 0.462. The molecular weight excluding hydrogens is 292 g/mol. The zero-order chi connectivity index (χ0) is 14.9. The molecule has 1 amide bonds. The lowest BCUT2D eigenvalue weighted by atomic mass is 9.91. The van der Waals surface area contributed by atoms with Crippen LogP contribution in [0.2, 0.25) is 0 Å². The lowest BCUT2D eigenvalue weighted by molar-refractivity contribution is 0.0518. The molecule has 1 aliphatic rings. The Hall–Kier alpha value is -1.77. The Morgan fingerprint density at radius 3 is 3.05 bits per heavy atom. The number of amides is 1. The fourth-order valence-electron chi connectivity index (χ4n) is 2.36. The SMILES string of the molecule is NC1(CNC(=O)c2csc3nc[nH]c(=O)c23)CCOCC1. The van der Waals surface area contributed by atoms with E-state index in [9.17, 15) is 9.59 Å². The molecule has 0 radical (unpaired) electrons. The van der Waals surface area contributed by atoms with E-state index in [1.165, 1.54) is 17.7 Å². The molecule has 21 heavy (non-hydrogen) atoms. The Labute approximate surface area is 124 Å². The Kier molecular flexibility index (Phi) is 3.75. The van der Waals surface area contributed by atoms with Crippen LogP contribution in [0.5, 0.6) is 0 Å². The summed E-state index contributed by atoms with van der Waals surface area (Å²) in [6, 6.07) is 0. The maximum absolute atomic E-state index is 12.3. The number of carbonyl (C=O) groups is 1. The summed E-state index contributed by atoms with van der Waals surface area (Å²) in [5.74, 6) is -0.295. The number of nitrogens with two attached hydrogens (primary N) is 1. The number of aromatic amines is 1. The van der Waals surface area contributed by atoms with E-state index in [0.717, 1.165) is 0 Å². The number of thiophene rings is 1. The van der Waals surface area contributed by atoms with Gasteiger partial charge in [0.05, 0.1) is 17.3 Å². The van der Waals surface area contributed by atoms with Crippen molar-refractivity contribution in [3.8, 4) is 0 Å². The molecule has 0 atom stereocenters. The van der Waals surface area contributed by atoms with E-state index >= 15 is 0 Å². The van der Waals surface area contributed by atoms with Crippen molar-refractivity contribution in [3.05, 3.63) is 27.6 Å². The second kappa shape index (κ2) is 5.55. The van der Waals surface area contributed by atoms with Gasteiger partial charge >= 0.3 is 0 Å². The van der Waals surface area contributed by atoms with E-state index in [1.54, 1.807) is 5.38 Å². The molecule has 1 fully saturated rings. The number of ether oxygens (including phenoxy) is 1. The van der Waals surface area contributed by atoms with Crippen LogP contribution < -0.4 is 16.6 Å². The van der Waals surface area contributed by atoms with Gasteiger partial charge in [-0.2, -0.15) is 0 Å². The highest BCUT2D eigenvalue weighted by Crippen LogP contribution is 2.21. The molecule has 0 saturated carbocycles. The van der Waals surface area contributed by atoms with Gasteiger partial charge in [0.1, 0.15) is 4.83 Å².